The molecule has 1 unspecified atom stereocenters. The first-order valence-electron chi connectivity index (χ1n) is 10.3. The van der Waals surface area contributed by atoms with E-state index in [0.717, 1.165) is 52.7 Å². The SMILES string of the molecule is CC(C)c1ccc(C2C3=C(CCCC3=O)CC3=C2C(=O)c2ccccc23)cc1. The average molecular weight is 368 g/mol. The van der Waals surface area contributed by atoms with Crippen LogP contribution in [0.5, 0.6) is 0 Å². The topological polar surface area (TPSA) is 34.1 Å². The summed E-state index contributed by atoms with van der Waals surface area (Å²) >= 11 is 0. The van der Waals surface area contributed by atoms with Gasteiger partial charge in [0.05, 0.1) is 0 Å². The summed E-state index contributed by atoms with van der Waals surface area (Å²) in [4.78, 5) is 26.3. The monoisotopic (exact) mass is 368 g/mol. The predicted octanol–water partition coefficient (Wildman–Crippen LogP) is 6.00. The number of carbonyl (C=O) groups excluding carboxylic acids is 2. The first-order valence-corrected chi connectivity index (χ1v) is 10.3. The van der Waals surface area contributed by atoms with Gasteiger partial charge >= 0.3 is 0 Å². The number of benzene rings is 2. The van der Waals surface area contributed by atoms with Gasteiger partial charge in [-0.15, -0.1) is 0 Å². The Morgan fingerprint density at radius 2 is 1.57 bits per heavy atom. The van der Waals surface area contributed by atoms with Gasteiger partial charge in [0.1, 0.15) is 0 Å². The highest BCUT2D eigenvalue weighted by Crippen LogP contribution is 2.52. The Morgan fingerprint density at radius 3 is 2.29 bits per heavy atom. The van der Waals surface area contributed by atoms with Crippen LogP contribution in [0.2, 0.25) is 0 Å². The van der Waals surface area contributed by atoms with Crippen molar-refractivity contribution >= 4 is 17.1 Å². The lowest BCUT2D eigenvalue weighted by Crippen LogP contribution is -2.25. The first-order chi connectivity index (χ1) is 13.6. The molecule has 0 saturated heterocycles. The van der Waals surface area contributed by atoms with Crippen molar-refractivity contribution in [2.45, 2.75) is 51.4 Å². The minimum atomic E-state index is -0.215. The molecule has 3 aliphatic rings. The van der Waals surface area contributed by atoms with E-state index in [-0.39, 0.29) is 17.5 Å². The van der Waals surface area contributed by atoms with E-state index in [9.17, 15) is 9.59 Å². The second-order valence-electron chi connectivity index (χ2n) is 8.49. The maximum absolute atomic E-state index is 13.4. The third-order valence-electron chi connectivity index (χ3n) is 6.53. The van der Waals surface area contributed by atoms with E-state index in [0.29, 0.717) is 12.3 Å². The maximum atomic E-state index is 13.4. The molecule has 0 radical (unpaired) electrons. The fraction of sp³-hybridized carbons (Fsp3) is 0.308. The molecule has 0 bridgehead atoms. The van der Waals surface area contributed by atoms with Gasteiger partial charge in [-0.3, -0.25) is 9.59 Å². The largest absolute Gasteiger partial charge is 0.295 e. The molecule has 5 rings (SSSR count). The third kappa shape index (κ3) is 2.47. The number of fused-ring (bicyclic) bond motifs is 2. The molecule has 2 nitrogen and oxygen atoms in total. The third-order valence-corrected chi connectivity index (χ3v) is 6.53. The van der Waals surface area contributed by atoms with Crippen molar-refractivity contribution in [1.82, 2.24) is 0 Å². The van der Waals surface area contributed by atoms with Crippen molar-refractivity contribution in [2.75, 3.05) is 0 Å². The molecule has 0 fully saturated rings. The number of hydrogen-bond acceptors (Lipinski definition) is 2. The lowest BCUT2D eigenvalue weighted by atomic mass is 9.69. The Kier molecular flexibility index (Phi) is 3.97. The van der Waals surface area contributed by atoms with Gasteiger partial charge < -0.3 is 0 Å². The van der Waals surface area contributed by atoms with Crippen LogP contribution in [0.1, 0.15) is 78.4 Å². The quantitative estimate of drug-likeness (QED) is 0.652. The smallest absolute Gasteiger partial charge is 0.190 e. The van der Waals surface area contributed by atoms with Crippen LogP contribution in [0.25, 0.3) is 5.57 Å². The van der Waals surface area contributed by atoms with Crippen molar-refractivity contribution < 1.29 is 9.59 Å². The van der Waals surface area contributed by atoms with E-state index in [1.54, 1.807) is 0 Å². The summed E-state index contributed by atoms with van der Waals surface area (Å²) in [7, 11) is 0. The van der Waals surface area contributed by atoms with E-state index in [1.807, 2.05) is 18.2 Å². The highest BCUT2D eigenvalue weighted by Gasteiger charge is 2.43. The fourth-order valence-electron chi connectivity index (χ4n) is 5.11. The molecule has 3 aliphatic carbocycles. The standard InChI is InChI=1S/C26H24O2/c1-15(2)16-10-12-17(13-11-16)24-23-18(6-5-9-22(23)27)14-21-19-7-3-4-8-20(19)26(28)25(21)24/h3-4,7-8,10-13,15,24H,5-6,9,14H2,1-2H3. The molecule has 1 atom stereocenters. The highest BCUT2D eigenvalue weighted by molar-refractivity contribution is 6.23. The molecule has 0 aromatic heterocycles. The van der Waals surface area contributed by atoms with Gasteiger partial charge in [-0.25, -0.2) is 0 Å². The van der Waals surface area contributed by atoms with Gasteiger partial charge in [0.15, 0.2) is 11.6 Å². The Balaban J connectivity index is 1.70. The number of rotatable bonds is 2. The molecule has 28 heavy (non-hydrogen) atoms. The Labute approximate surface area is 166 Å². The second kappa shape index (κ2) is 6.41. The van der Waals surface area contributed by atoms with Gasteiger partial charge in [-0.05, 0) is 47.4 Å². The van der Waals surface area contributed by atoms with Gasteiger partial charge in [0.2, 0.25) is 0 Å². The first kappa shape index (κ1) is 17.4. The Hall–Kier alpha value is -2.74. The van der Waals surface area contributed by atoms with Gasteiger partial charge in [-0.1, -0.05) is 68.0 Å². The molecule has 0 amide bonds. The summed E-state index contributed by atoms with van der Waals surface area (Å²) in [6.45, 7) is 4.36. The normalized spacial score (nSPS) is 21.2. The van der Waals surface area contributed by atoms with Crippen LogP contribution in [-0.4, -0.2) is 11.6 Å². The zero-order valence-corrected chi connectivity index (χ0v) is 16.4. The molecule has 0 spiro atoms. The van der Waals surface area contributed by atoms with Crippen molar-refractivity contribution in [2.24, 2.45) is 0 Å². The molecular weight excluding hydrogens is 344 g/mol. The van der Waals surface area contributed by atoms with Crippen LogP contribution in [-0.2, 0) is 4.79 Å². The van der Waals surface area contributed by atoms with Crippen LogP contribution < -0.4 is 0 Å². The van der Waals surface area contributed by atoms with Crippen molar-refractivity contribution in [3.63, 3.8) is 0 Å². The zero-order chi connectivity index (χ0) is 19.4. The molecule has 2 aromatic carbocycles. The molecule has 140 valence electrons. The average Bonchev–Trinajstić information content (AvgIpc) is 2.99. The van der Waals surface area contributed by atoms with Crippen LogP contribution >= 0.6 is 0 Å². The van der Waals surface area contributed by atoms with Crippen LogP contribution in [0.4, 0.5) is 0 Å². The van der Waals surface area contributed by atoms with Crippen LogP contribution in [0.3, 0.4) is 0 Å². The summed E-state index contributed by atoms with van der Waals surface area (Å²) in [6.07, 6.45) is 3.24. The van der Waals surface area contributed by atoms with Gasteiger partial charge in [0, 0.05) is 29.0 Å². The number of allylic oxidation sites excluding steroid dienone is 4. The minimum Gasteiger partial charge on any atom is -0.295 e. The summed E-state index contributed by atoms with van der Waals surface area (Å²) in [6, 6.07) is 16.5. The van der Waals surface area contributed by atoms with E-state index in [2.05, 4.69) is 44.2 Å². The number of Topliss-reactive ketones (excluding diaryl/α,β-unsaturated/α-hetero) is 2. The van der Waals surface area contributed by atoms with E-state index in [4.69, 9.17) is 0 Å². The summed E-state index contributed by atoms with van der Waals surface area (Å²) in [5, 5.41) is 0. The van der Waals surface area contributed by atoms with Crippen molar-refractivity contribution in [1.29, 1.82) is 0 Å². The summed E-state index contributed by atoms with van der Waals surface area (Å²) in [5.74, 6) is 0.578. The molecule has 0 N–H and O–H groups in total. The van der Waals surface area contributed by atoms with E-state index >= 15 is 0 Å². The molecular formula is C26H24O2. The predicted molar refractivity (Wildman–Crippen MR) is 111 cm³/mol. The maximum Gasteiger partial charge on any atom is 0.190 e. The van der Waals surface area contributed by atoms with Crippen LogP contribution in [0.15, 0.2) is 65.3 Å². The highest BCUT2D eigenvalue weighted by atomic mass is 16.1. The van der Waals surface area contributed by atoms with E-state index < -0.39 is 0 Å². The molecule has 2 heteroatoms. The fourth-order valence-corrected chi connectivity index (χ4v) is 5.11. The lowest BCUT2D eigenvalue weighted by Gasteiger charge is -2.32. The molecule has 0 heterocycles. The van der Waals surface area contributed by atoms with Crippen molar-refractivity contribution in [3.05, 3.63) is 87.5 Å². The molecule has 0 aliphatic heterocycles. The van der Waals surface area contributed by atoms with Gasteiger partial charge in [0.25, 0.3) is 0 Å². The van der Waals surface area contributed by atoms with Crippen LogP contribution in [0, 0.1) is 0 Å². The lowest BCUT2D eigenvalue weighted by molar-refractivity contribution is -0.116. The number of hydrogen-bond donors (Lipinski definition) is 0. The molecule has 0 saturated carbocycles. The number of ketones is 2. The van der Waals surface area contributed by atoms with E-state index in [1.165, 1.54) is 11.1 Å². The number of carbonyl (C=O) groups is 2. The Bertz CT molecular complexity index is 1060. The Morgan fingerprint density at radius 1 is 0.857 bits per heavy atom. The molecule has 2 aromatic rings. The van der Waals surface area contributed by atoms with Crippen molar-refractivity contribution in [3.8, 4) is 0 Å². The summed E-state index contributed by atoms with van der Waals surface area (Å²) < 4.78 is 0. The minimum absolute atomic E-state index is 0.105. The second-order valence-corrected chi connectivity index (χ2v) is 8.49. The summed E-state index contributed by atoms with van der Waals surface area (Å²) in [5.41, 5.74) is 8.35. The van der Waals surface area contributed by atoms with Gasteiger partial charge in [-0.2, -0.15) is 0 Å². The zero-order valence-electron chi connectivity index (χ0n) is 16.4.